The molecule has 1 atom stereocenters. The number of hydrogen-bond acceptors (Lipinski definition) is 4. The molecule has 2 N–H and O–H groups in total. The molecule has 5 nitrogen and oxygen atoms in total. The summed E-state index contributed by atoms with van der Waals surface area (Å²) in [6.45, 7) is 8.71. The maximum absolute atomic E-state index is 11.1. The number of pyridine rings is 1. The van der Waals surface area contributed by atoms with E-state index in [2.05, 4.69) is 46.5 Å². The number of piperidine rings is 1. The van der Waals surface area contributed by atoms with Crippen LogP contribution in [0.3, 0.4) is 0 Å². The fraction of sp³-hybridized carbons (Fsp3) is 0.625. The molecule has 21 heavy (non-hydrogen) atoms. The van der Waals surface area contributed by atoms with E-state index in [4.69, 9.17) is 0 Å². The van der Waals surface area contributed by atoms with E-state index >= 15 is 0 Å². The van der Waals surface area contributed by atoms with Gasteiger partial charge in [-0.15, -0.1) is 0 Å². The minimum atomic E-state index is 0.0630. The van der Waals surface area contributed by atoms with Gasteiger partial charge in [0.15, 0.2) is 0 Å². The zero-order valence-corrected chi connectivity index (χ0v) is 13.2. The van der Waals surface area contributed by atoms with E-state index in [0.717, 1.165) is 38.3 Å². The molecule has 0 spiro atoms. The summed E-state index contributed by atoms with van der Waals surface area (Å²) in [6.07, 6.45) is 3.85. The van der Waals surface area contributed by atoms with Gasteiger partial charge in [-0.2, -0.15) is 0 Å². The van der Waals surface area contributed by atoms with Gasteiger partial charge in [0.2, 0.25) is 5.91 Å². The topological polar surface area (TPSA) is 57.3 Å². The van der Waals surface area contributed by atoms with Crippen LogP contribution < -0.4 is 15.5 Å². The lowest BCUT2D eigenvalue weighted by Gasteiger charge is -2.33. The first-order valence-electron chi connectivity index (χ1n) is 7.81. The minimum absolute atomic E-state index is 0.0630. The second kappa shape index (κ2) is 7.41. The summed E-state index contributed by atoms with van der Waals surface area (Å²) < 4.78 is 0. The number of aromatic nitrogens is 1. The van der Waals surface area contributed by atoms with Crippen molar-refractivity contribution in [3.8, 4) is 0 Å². The summed E-state index contributed by atoms with van der Waals surface area (Å²) in [5.41, 5.74) is 1.27. The molecule has 1 amide bonds. The molecule has 0 saturated carbocycles. The Balaban J connectivity index is 1.97. The third-order valence-electron chi connectivity index (χ3n) is 4.01. The first kappa shape index (κ1) is 15.8. The van der Waals surface area contributed by atoms with Gasteiger partial charge in [-0.3, -0.25) is 4.79 Å². The van der Waals surface area contributed by atoms with Crippen LogP contribution in [0.4, 0.5) is 5.82 Å². The van der Waals surface area contributed by atoms with Gasteiger partial charge in [0.25, 0.3) is 0 Å². The number of hydrogen-bond donors (Lipinski definition) is 2. The van der Waals surface area contributed by atoms with Crippen molar-refractivity contribution in [2.75, 3.05) is 24.5 Å². The van der Waals surface area contributed by atoms with E-state index in [-0.39, 0.29) is 5.91 Å². The van der Waals surface area contributed by atoms with Crippen LogP contribution in [0.5, 0.6) is 0 Å². The zero-order chi connectivity index (χ0) is 15.2. The summed E-state index contributed by atoms with van der Waals surface area (Å²) in [5, 5.41) is 6.43. The Morgan fingerprint density at radius 1 is 1.48 bits per heavy atom. The fourth-order valence-electron chi connectivity index (χ4n) is 2.84. The molecule has 5 heteroatoms. The quantitative estimate of drug-likeness (QED) is 0.869. The summed E-state index contributed by atoms with van der Waals surface area (Å²) in [7, 11) is 0. The summed E-state index contributed by atoms with van der Waals surface area (Å²) >= 11 is 0. The first-order valence-corrected chi connectivity index (χ1v) is 7.81. The van der Waals surface area contributed by atoms with Crippen LogP contribution in [-0.2, 0) is 4.79 Å². The van der Waals surface area contributed by atoms with E-state index < -0.39 is 0 Å². The Morgan fingerprint density at radius 2 is 2.19 bits per heavy atom. The normalized spacial score (nSPS) is 17.6. The van der Waals surface area contributed by atoms with Crippen molar-refractivity contribution in [3.05, 3.63) is 23.9 Å². The molecule has 1 fully saturated rings. The van der Waals surface area contributed by atoms with Crippen LogP contribution in [0, 0.1) is 0 Å². The van der Waals surface area contributed by atoms with Crippen molar-refractivity contribution < 1.29 is 4.79 Å². The maximum atomic E-state index is 11.1. The third kappa shape index (κ3) is 4.43. The van der Waals surface area contributed by atoms with Crippen molar-refractivity contribution in [2.45, 2.75) is 45.7 Å². The van der Waals surface area contributed by atoms with Gasteiger partial charge < -0.3 is 15.5 Å². The van der Waals surface area contributed by atoms with Crippen LogP contribution in [0.15, 0.2) is 18.3 Å². The van der Waals surface area contributed by atoms with Gasteiger partial charge in [-0.1, -0.05) is 6.92 Å². The van der Waals surface area contributed by atoms with E-state index in [1.807, 2.05) is 6.20 Å². The van der Waals surface area contributed by atoms with Crippen LogP contribution >= 0.6 is 0 Å². The Bertz CT molecular complexity index is 469. The van der Waals surface area contributed by atoms with E-state index in [1.165, 1.54) is 5.56 Å². The van der Waals surface area contributed by atoms with Crippen LogP contribution in [0.25, 0.3) is 0 Å². The molecule has 116 valence electrons. The van der Waals surface area contributed by atoms with Crippen molar-refractivity contribution in [1.82, 2.24) is 15.6 Å². The molecule has 0 aliphatic carbocycles. The van der Waals surface area contributed by atoms with Crippen molar-refractivity contribution in [2.24, 2.45) is 0 Å². The average molecular weight is 290 g/mol. The van der Waals surface area contributed by atoms with Gasteiger partial charge >= 0.3 is 0 Å². The smallest absolute Gasteiger partial charge is 0.217 e. The zero-order valence-electron chi connectivity index (χ0n) is 13.2. The monoisotopic (exact) mass is 290 g/mol. The molecule has 2 heterocycles. The molecule has 1 saturated heterocycles. The first-order chi connectivity index (χ1) is 10.1. The number of anilines is 1. The van der Waals surface area contributed by atoms with Crippen LogP contribution in [0.2, 0.25) is 0 Å². The standard InChI is InChI=1S/C16H26N4O/c1-4-17-12(2)14-5-8-18-16(11-14)20-9-6-15(7-10-20)19-13(3)21/h5,8,11-12,15,17H,4,6-7,9-10H2,1-3H3,(H,19,21). The SMILES string of the molecule is CCNC(C)c1ccnc(N2CCC(NC(C)=O)CC2)c1. The predicted molar refractivity (Wildman–Crippen MR) is 85.4 cm³/mol. The number of nitrogens with zero attached hydrogens (tertiary/aromatic N) is 2. The van der Waals surface area contributed by atoms with Gasteiger partial charge in [-0.25, -0.2) is 4.98 Å². The van der Waals surface area contributed by atoms with E-state index in [9.17, 15) is 4.79 Å². The van der Waals surface area contributed by atoms with Crippen molar-refractivity contribution in [3.63, 3.8) is 0 Å². The fourth-order valence-corrected chi connectivity index (χ4v) is 2.84. The third-order valence-corrected chi connectivity index (χ3v) is 4.01. The highest BCUT2D eigenvalue weighted by Crippen LogP contribution is 2.21. The maximum Gasteiger partial charge on any atom is 0.217 e. The number of carbonyl (C=O) groups excluding carboxylic acids is 1. The molecule has 1 aromatic rings. The summed E-state index contributed by atoms with van der Waals surface area (Å²) in [6, 6.07) is 4.89. The molecule has 2 rings (SSSR count). The molecule has 0 bridgehead atoms. The largest absolute Gasteiger partial charge is 0.356 e. The molecule has 1 aliphatic heterocycles. The highest BCUT2D eigenvalue weighted by atomic mass is 16.1. The number of amides is 1. The summed E-state index contributed by atoms with van der Waals surface area (Å²) in [5.74, 6) is 1.10. The highest BCUT2D eigenvalue weighted by molar-refractivity contribution is 5.73. The molecule has 0 radical (unpaired) electrons. The minimum Gasteiger partial charge on any atom is -0.356 e. The number of nitrogens with one attached hydrogen (secondary N) is 2. The van der Waals surface area contributed by atoms with Crippen molar-refractivity contribution >= 4 is 11.7 Å². The molecule has 1 aromatic heterocycles. The summed E-state index contributed by atoms with van der Waals surface area (Å²) in [4.78, 5) is 17.9. The molecule has 1 aliphatic rings. The Kier molecular flexibility index (Phi) is 5.56. The molecular weight excluding hydrogens is 264 g/mol. The molecule has 0 aromatic carbocycles. The Hall–Kier alpha value is -1.62. The lowest BCUT2D eigenvalue weighted by Crippen LogP contribution is -2.44. The number of rotatable bonds is 5. The van der Waals surface area contributed by atoms with E-state index in [1.54, 1.807) is 6.92 Å². The van der Waals surface area contributed by atoms with Crippen LogP contribution in [0.1, 0.15) is 45.2 Å². The average Bonchev–Trinajstić information content (AvgIpc) is 2.48. The lowest BCUT2D eigenvalue weighted by molar-refractivity contribution is -0.119. The van der Waals surface area contributed by atoms with Gasteiger partial charge in [0.05, 0.1) is 0 Å². The lowest BCUT2D eigenvalue weighted by atomic mass is 10.0. The second-order valence-electron chi connectivity index (χ2n) is 5.69. The Labute approximate surface area is 127 Å². The number of carbonyl (C=O) groups is 1. The highest BCUT2D eigenvalue weighted by Gasteiger charge is 2.21. The molecular formula is C16H26N4O. The van der Waals surface area contributed by atoms with Gasteiger partial charge in [0, 0.05) is 38.3 Å². The van der Waals surface area contributed by atoms with Gasteiger partial charge in [0.1, 0.15) is 5.82 Å². The molecule has 1 unspecified atom stereocenters. The van der Waals surface area contributed by atoms with Gasteiger partial charge in [-0.05, 0) is 44.0 Å². The second-order valence-corrected chi connectivity index (χ2v) is 5.69. The van der Waals surface area contributed by atoms with Crippen molar-refractivity contribution in [1.29, 1.82) is 0 Å². The predicted octanol–water partition coefficient (Wildman–Crippen LogP) is 1.86. The van der Waals surface area contributed by atoms with Crippen LogP contribution in [-0.4, -0.2) is 36.6 Å². The van der Waals surface area contributed by atoms with E-state index in [0.29, 0.717) is 12.1 Å². The Morgan fingerprint density at radius 3 is 2.81 bits per heavy atom.